The van der Waals surface area contributed by atoms with Crippen LogP contribution in [0.2, 0.25) is 0 Å². The Kier molecular flexibility index (Phi) is 6.99. The Balaban J connectivity index is 1.21. The first kappa shape index (κ1) is 22.7. The summed E-state index contributed by atoms with van der Waals surface area (Å²) in [5.74, 6) is 1.98. The molecular weight excluding hydrogens is 450 g/mol. The molecule has 0 atom stereocenters. The maximum absolute atomic E-state index is 12.9. The van der Waals surface area contributed by atoms with Gasteiger partial charge < -0.3 is 14.2 Å². The minimum atomic E-state index is 0.0552. The van der Waals surface area contributed by atoms with Crippen LogP contribution < -0.4 is 0 Å². The van der Waals surface area contributed by atoms with Gasteiger partial charge in [0.2, 0.25) is 17.6 Å². The number of aromatic nitrogens is 3. The van der Waals surface area contributed by atoms with Crippen molar-refractivity contribution in [2.75, 3.05) is 31.9 Å². The molecule has 178 valence electrons. The summed E-state index contributed by atoms with van der Waals surface area (Å²) in [5, 5.41) is 9.39. The van der Waals surface area contributed by atoms with Crippen molar-refractivity contribution < 1.29 is 14.0 Å². The largest absolute Gasteiger partial charge is 0.461 e. The Labute approximate surface area is 203 Å². The van der Waals surface area contributed by atoms with Gasteiger partial charge in [0.1, 0.15) is 0 Å². The summed E-state index contributed by atoms with van der Waals surface area (Å²) >= 11 is 1.39. The average Bonchev–Trinajstić information content (AvgIpc) is 3.65. The first-order valence-corrected chi connectivity index (χ1v) is 12.9. The molecule has 3 aromatic rings. The lowest BCUT2D eigenvalue weighted by Gasteiger charge is -2.33. The van der Waals surface area contributed by atoms with E-state index in [-0.39, 0.29) is 23.5 Å². The van der Waals surface area contributed by atoms with E-state index in [4.69, 9.17) is 4.42 Å². The van der Waals surface area contributed by atoms with Crippen LogP contribution in [0.5, 0.6) is 0 Å². The summed E-state index contributed by atoms with van der Waals surface area (Å²) in [7, 11) is 0. The number of hydrogen-bond donors (Lipinski definition) is 0. The van der Waals surface area contributed by atoms with Gasteiger partial charge in [0.15, 0.2) is 10.9 Å². The van der Waals surface area contributed by atoms with Gasteiger partial charge >= 0.3 is 0 Å². The topological polar surface area (TPSA) is 84.5 Å². The van der Waals surface area contributed by atoms with Crippen LogP contribution in [0.3, 0.4) is 0 Å². The zero-order chi connectivity index (χ0) is 23.3. The van der Waals surface area contributed by atoms with Crippen LogP contribution in [-0.2, 0) is 16.1 Å². The van der Waals surface area contributed by atoms with Crippen molar-refractivity contribution in [2.45, 2.75) is 37.4 Å². The number of carbonyl (C=O) groups is 2. The summed E-state index contributed by atoms with van der Waals surface area (Å²) in [4.78, 5) is 29.5. The van der Waals surface area contributed by atoms with Gasteiger partial charge in [0, 0.05) is 32.1 Å². The molecule has 0 saturated carbocycles. The van der Waals surface area contributed by atoms with Crippen molar-refractivity contribution >= 4 is 23.6 Å². The van der Waals surface area contributed by atoms with Crippen LogP contribution in [-0.4, -0.2) is 68.3 Å². The number of likely N-dealkylation sites (tertiary alicyclic amines) is 2. The van der Waals surface area contributed by atoms with E-state index in [0.29, 0.717) is 36.4 Å². The van der Waals surface area contributed by atoms with Gasteiger partial charge in [0.05, 0.1) is 18.6 Å². The Bertz CT molecular complexity index is 1100. The lowest BCUT2D eigenvalue weighted by atomic mass is 9.95. The van der Waals surface area contributed by atoms with Gasteiger partial charge in [0.25, 0.3) is 0 Å². The number of thioether (sulfide) groups is 1. The molecule has 0 unspecified atom stereocenters. The van der Waals surface area contributed by atoms with E-state index in [9.17, 15) is 9.59 Å². The number of nitrogens with zero attached hydrogens (tertiary/aromatic N) is 5. The fourth-order valence-corrected chi connectivity index (χ4v) is 5.52. The molecule has 2 aliphatic heterocycles. The number of amides is 2. The molecule has 4 heterocycles. The minimum absolute atomic E-state index is 0.0552. The maximum atomic E-state index is 12.9. The van der Waals surface area contributed by atoms with E-state index in [1.807, 2.05) is 44.7 Å². The SMILES string of the molecule is O=C(CSc1nnc(-c2ccco2)n1Cc1ccccc1)N1CCC(C(=O)N2CCCC2)CC1. The Hall–Kier alpha value is -3.07. The first-order valence-electron chi connectivity index (χ1n) is 11.9. The highest BCUT2D eigenvalue weighted by atomic mass is 32.2. The molecule has 8 nitrogen and oxygen atoms in total. The second-order valence-corrected chi connectivity index (χ2v) is 9.77. The Morgan fingerprint density at radius 2 is 1.71 bits per heavy atom. The van der Waals surface area contributed by atoms with Gasteiger partial charge in [-0.05, 0) is 43.4 Å². The number of piperidine rings is 1. The molecule has 5 rings (SSSR count). The molecule has 2 aromatic heterocycles. The highest BCUT2D eigenvalue weighted by Crippen LogP contribution is 2.27. The van der Waals surface area contributed by atoms with Gasteiger partial charge in [-0.2, -0.15) is 0 Å². The van der Waals surface area contributed by atoms with E-state index in [1.165, 1.54) is 11.8 Å². The number of benzene rings is 1. The summed E-state index contributed by atoms with van der Waals surface area (Å²) in [6, 6.07) is 13.8. The van der Waals surface area contributed by atoms with Crippen LogP contribution in [0.4, 0.5) is 0 Å². The van der Waals surface area contributed by atoms with Gasteiger partial charge in [-0.3, -0.25) is 14.2 Å². The first-order chi connectivity index (χ1) is 16.7. The minimum Gasteiger partial charge on any atom is -0.461 e. The summed E-state index contributed by atoms with van der Waals surface area (Å²) in [6.07, 6.45) is 5.33. The lowest BCUT2D eigenvalue weighted by molar-refractivity contribution is -0.139. The smallest absolute Gasteiger partial charge is 0.233 e. The number of rotatable bonds is 7. The summed E-state index contributed by atoms with van der Waals surface area (Å²) in [5.41, 5.74) is 1.12. The number of hydrogen-bond acceptors (Lipinski definition) is 6. The third kappa shape index (κ3) is 5.04. The molecule has 0 spiro atoms. The molecule has 0 aliphatic carbocycles. The van der Waals surface area contributed by atoms with E-state index in [1.54, 1.807) is 6.26 Å². The Morgan fingerprint density at radius 1 is 0.941 bits per heavy atom. The Morgan fingerprint density at radius 3 is 2.41 bits per heavy atom. The predicted molar refractivity (Wildman–Crippen MR) is 129 cm³/mol. The quantitative estimate of drug-likeness (QED) is 0.482. The van der Waals surface area contributed by atoms with Gasteiger partial charge in [-0.15, -0.1) is 10.2 Å². The molecule has 2 saturated heterocycles. The van der Waals surface area contributed by atoms with E-state index in [2.05, 4.69) is 22.3 Å². The zero-order valence-electron chi connectivity index (χ0n) is 19.1. The molecule has 0 N–H and O–H groups in total. The van der Waals surface area contributed by atoms with E-state index in [0.717, 1.165) is 44.3 Å². The monoisotopic (exact) mass is 479 g/mol. The molecule has 2 aliphatic rings. The second kappa shape index (κ2) is 10.5. The molecular formula is C25H29N5O3S. The van der Waals surface area contributed by atoms with Crippen LogP contribution in [0.15, 0.2) is 58.3 Å². The van der Waals surface area contributed by atoms with Crippen molar-refractivity contribution in [2.24, 2.45) is 5.92 Å². The number of carbonyl (C=O) groups excluding carboxylic acids is 2. The van der Waals surface area contributed by atoms with Crippen molar-refractivity contribution in [1.29, 1.82) is 0 Å². The fraction of sp³-hybridized carbons (Fsp3) is 0.440. The standard InChI is InChI=1S/C25H29N5O3S/c31-22(28-14-10-20(11-15-28)24(32)29-12-4-5-13-29)18-34-25-27-26-23(21-9-6-16-33-21)30(25)17-19-7-2-1-3-8-19/h1-3,6-9,16,20H,4-5,10-15,17-18H2. The molecule has 0 radical (unpaired) electrons. The summed E-state index contributed by atoms with van der Waals surface area (Å²) in [6.45, 7) is 3.64. The number of furan rings is 1. The summed E-state index contributed by atoms with van der Waals surface area (Å²) < 4.78 is 7.55. The van der Waals surface area contributed by atoms with Crippen molar-refractivity contribution in [1.82, 2.24) is 24.6 Å². The second-order valence-electron chi connectivity index (χ2n) is 8.83. The van der Waals surface area contributed by atoms with Crippen LogP contribution in [0.1, 0.15) is 31.2 Å². The zero-order valence-corrected chi connectivity index (χ0v) is 20.0. The van der Waals surface area contributed by atoms with Gasteiger partial charge in [-0.25, -0.2) is 0 Å². The predicted octanol–water partition coefficient (Wildman–Crippen LogP) is 3.54. The lowest BCUT2D eigenvalue weighted by Crippen LogP contribution is -2.44. The third-order valence-corrected chi connectivity index (χ3v) is 7.53. The highest BCUT2D eigenvalue weighted by molar-refractivity contribution is 7.99. The van der Waals surface area contributed by atoms with Crippen LogP contribution >= 0.6 is 11.8 Å². The molecule has 2 amide bonds. The van der Waals surface area contributed by atoms with Crippen molar-refractivity contribution in [3.8, 4) is 11.6 Å². The molecule has 34 heavy (non-hydrogen) atoms. The molecule has 2 fully saturated rings. The normalized spacial score (nSPS) is 16.8. The van der Waals surface area contributed by atoms with Crippen molar-refractivity contribution in [3.63, 3.8) is 0 Å². The highest BCUT2D eigenvalue weighted by Gasteiger charge is 2.31. The van der Waals surface area contributed by atoms with E-state index < -0.39 is 0 Å². The van der Waals surface area contributed by atoms with Gasteiger partial charge in [-0.1, -0.05) is 42.1 Å². The molecule has 0 bridgehead atoms. The molecule has 1 aromatic carbocycles. The van der Waals surface area contributed by atoms with Crippen LogP contribution in [0.25, 0.3) is 11.6 Å². The fourth-order valence-electron chi connectivity index (χ4n) is 4.68. The maximum Gasteiger partial charge on any atom is 0.233 e. The average molecular weight is 480 g/mol. The third-order valence-electron chi connectivity index (χ3n) is 6.58. The van der Waals surface area contributed by atoms with Crippen LogP contribution in [0, 0.1) is 5.92 Å². The van der Waals surface area contributed by atoms with E-state index >= 15 is 0 Å². The molecule has 9 heteroatoms. The van der Waals surface area contributed by atoms with Crippen molar-refractivity contribution in [3.05, 3.63) is 54.3 Å².